The molecule has 1 aromatic heterocycles. The fourth-order valence-electron chi connectivity index (χ4n) is 2.83. The van der Waals surface area contributed by atoms with Gasteiger partial charge in [0.2, 0.25) is 11.8 Å². The van der Waals surface area contributed by atoms with Gasteiger partial charge in [-0.25, -0.2) is 0 Å². The number of hydrogen-bond acceptors (Lipinski definition) is 5. The Bertz CT molecular complexity index is 816. The fourth-order valence-corrected chi connectivity index (χ4v) is 3.58. The first-order valence-corrected chi connectivity index (χ1v) is 9.63. The summed E-state index contributed by atoms with van der Waals surface area (Å²) < 4.78 is 1.67. The number of thioether (sulfide) groups is 1. The van der Waals surface area contributed by atoms with Crippen molar-refractivity contribution in [1.82, 2.24) is 20.1 Å². The number of carbonyl (C=O) groups is 2. The third kappa shape index (κ3) is 4.63. The first kappa shape index (κ1) is 18.4. The van der Waals surface area contributed by atoms with Crippen molar-refractivity contribution in [2.75, 3.05) is 5.75 Å². The van der Waals surface area contributed by atoms with Gasteiger partial charge in [-0.1, -0.05) is 35.5 Å². The fraction of sp³-hybridized carbons (Fsp3) is 0.444. The van der Waals surface area contributed by atoms with E-state index < -0.39 is 5.91 Å². The maximum atomic E-state index is 12.1. The lowest BCUT2D eigenvalue weighted by Gasteiger charge is -2.12. The largest absolute Gasteiger partial charge is 0.368 e. The van der Waals surface area contributed by atoms with Gasteiger partial charge >= 0.3 is 0 Å². The molecule has 1 saturated carbocycles. The molecule has 2 aromatic rings. The Kier molecular flexibility index (Phi) is 5.61. The molecular formula is C18H23N5O2S. The van der Waals surface area contributed by atoms with Crippen molar-refractivity contribution in [3.8, 4) is 11.4 Å². The van der Waals surface area contributed by atoms with Crippen molar-refractivity contribution in [3.63, 3.8) is 0 Å². The summed E-state index contributed by atoms with van der Waals surface area (Å²) in [5.74, 6) is 0.881. The van der Waals surface area contributed by atoms with Gasteiger partial charge < -0.3 is 11.1 Å². The number of nitrogens with zero attached hydrogens (tertiary/aromatic N) is 3. The van der Waals surface area contributed by atoms with E-state index in [2.05, 4.69) is 15.5 Å². The zero-order valence-corrected chi connectivity index (χ0v) is 15.8. The van der Waals surface area contributed by atoms with E-state index in [0.29, 0.717) is 16.9 Å². The van der Waals surface area contributed by atoms with E-state index in [0.717, 1.165) is 11.1 Å². The average Bonchev–Trinajstić information content (AvgIpc) is 3.35. The zero-order chi connectivity index (χ0) is 18.7. The van der Waals surface area contributed by atoms with Crippen LogP contribution < -0.4 is 11.1 Å². The number of aromatic nitrogens is 3. The van der Waals surface area contributed by atoms with Crippen molar-refractivity contribution in [3.05, 3.63) is 29.8 Å². The van der Waals surface area contributed by atoms with Crippen molar-refractivity contribution in [1.29, 1.82) is 0 Å². The van der Waals surface area contributed by atoms with Crippen LogP contribution >= 0.6 is 11.8 Å². The van der Waals surface area contributed by atoms with Gasteiger partial charge in [0.25, 0.3) is 0 Å². The van der Waals surface area contributed by atoms with E-state index in [1.165, 1.54) is 24.6 Å². The number of aryl methyl sites for hydroxylation is 1. The predicted octanol–water partition coefficient (Wildman–Crippen LogP) is 1.75. The second kappa shape index (κ2) is 7.90. The highest BCUT2D eigenvalue weighted by atomic mass is 32.2. The van der Waals surface area contributed by atoms with Gasteiger partial charge in [-0.3, -0.25) is 14.2 Å². The van der Waals surface area contributed by atoms with Crippen molar-refractivity contribution in [2.24, 2.45) is 11.7 Å². The summed E-state index contributed by atoms with van der Waals surface area (Å²) in [7, 11) is 0. The molecule has 0 radical (unpaired) electrons. The van der Waals surface area contributed by atoms with Crippen molar-refractivity contribution < 1.29 is 9.59 Å². The molecule has 2 amide bonds. The molecule has 1 heterocycles. The lowest BCUT2D eigenvalue weighted by molar-refractivity contribution is -0.119. The van der Waals surface area contributed by atoms with Crippen LogP contribution in [0.1, 0.15) is 25.3 Å². The topological polar surface area (TPSA) is 103 Å². The van der Waals surface area contributed by atoms with Gasteiger partial charge in [-0.05, 0) is 38.7 Å². The summed E-state index contributed by atoms with van der Waals surface area (Å²) in [5, 5.41) is 11.9. The standard InChI is InChI=1S/C18H23N5O2S/c1-11-4-3-5-14(8-11)17-21-22-18(23(17)9-15(19)24)26-10-16(25)20-12(2)13-6-7-13/h3-5,8,12-13H,6-7,9-10H2,1-2H3,(H2,19,24)(H,20,25)/t12-/m1/s1. The molecule has 0 unspecified atom stereocenters. The van der Waals surface area contributed by atoms with Crippen LogP contribution in [0.4, 0.5) is 0 Å². The number of rotatable bonds is 8. The normalized spacial score (nSPS) is 14.8. The molecule has 0 spiro atoms. The zero-order valence-electron chi connectivity index (χ0n) is 14.9. The maximum Gasteiger partial charge on any atom is 0.237 e. The molecule has 0 aliphatic heterocycles. The molecular weight excluding hydrogens is 350 g/mol. The Balaban J connectivity index is 1.74. The third-order valence-electron chi connectivity index (χ3n) is 4.36. The van der Waals surface area contributed by atoms with E-state index in [9.17, 15) is 9.59 Å². The number of amides is 2. The first-order valence-electron chi connectivity index (χ1n) is 8.64. The van der Waals surface area contributed by atoms with Crippen LogP contribution in [0.2, 0.25) is 0 Å². The Labute approximate surface area is 156 Å². The van der Waals surface area contributed by atoms with Crippen molar-refractivity contribution in [2.45, 2.75) is 44.4 Å². The van der Waals surface area contributed by atoms with E-state index in [4.69, 9.17) is 5.73 Å². The highest BCUT2D eigenvalue weighted by molar-refractivity contribution is 7.99. The minimum absolute atomic E-state index is 0.0291. The van der Waals surface area contributed by atoms with E-state index >= 15 is 0 Å². The number of benzene rings is 1. The first-order chi connectivity index (χ1) is 12.4. The molecule has 1 aliphatic carbocycles. The van der Waals surface area contributed by atoms with Gasteiger partial charge in [0.15, 0.2) is 11.0 Å². The molecule has 7 nitrogen and oxygen atoms in total. The van der Waals surface area contributed by atoms with E-state index in [1.807, 2.05) is 38.1 Å². The number of nitrogens with one attached hydrogen (secondary N) is 1. The summed E-state index contributed by atoms with van der Waals surface area (Å²) >= 11 is 1.26. The van der Waals surface area contributed by atoms with Crippen LogP contribution in [0.25, 0.3) is 11.4 Å². The Morgan fingerprint density at radius 1 is 1.38 bits per heavy atom. The monoisotopic (exact) mass is 373 g/mol. The van der Waals surface area contributed by atoms with Crippen LogP contribution in [0.5, 0.6) is 0 Å². The molecule has 1 aromatic carbocycles. The van der Waals surface area contributed by atoms with Crippen LogP contribution in [0.3, 0.4) is 0 Å². The molecule has 26 heavy (non-hydrogen) atoms. The second-order valence-corrected chi connectivity index (χ2v) is 7.65. The Hall–Kier alpha value is -2.35. The SMILES string of the molecule is Cc1cccc(-c2nnc(SCC(=O)N[C@H](C)C3CC3)n2CC(N)=O)c1. The Morgan fingerprint density at radius 2 is 2.15 bits per heavy atom. The van der Waals surface area contributed by atoms with Gasteiger partial charge in [0, 0.05) is 11.6 Å². The molecule has 0 saturated heterocycles. The average molecular weight is 373 g/mol. The smallest absolute Gasteiger partial charge is 0.237 e. The molecule has 1 aliphatic rings. The van der Waals surface area contributed by atoms with Gasteiger partial charge in [-0.15, -0.1) is 10.2 Å². The van der Waals surface area contributed by atoms with Crippen LogP contribution in [-0.4, -0.2) is 38.4 Å². The summed E-state index contributed by atoms with van der Waals surface area (Å²) in [6, 6.07) is 7.99. The Morgan fingerprint density at radius 3 is 2.81 bits per heavy atom. The van der Waals surface area contributed by atoms with E-state index in [1.54, 1.807) is 4.57 Å². The lowest BCUT2D eigenvalue weighted by atomic mass is 10.1. The predicted molar refractivity (Wildman–Crippen MR) is 100 cm³/mol. The molecule has 8 heteroatoms. The molecule has 3 N–H and O–H groups in total. The summed E-state index contributed by atoms with van der Waals surface area (Å²) in [4.78, 5) is 23.6. The second-order valence-electron chi connectivity index (χ2n) is 6.71. The summed E-state index contributed by atoms with van der Waals surface area (Å²) in [6.45, 7) is 3.99. The molecule has 0 bridgehead atoms. The number of primary amides is 1. The van der Waals surface area contributed by atoms with Gasteiger partial charge in [-0.2, -0.15) is 0 Å². The molecule has 138 valence electrons. The number of nitrogens with two attached hydrogens (primary N) is 1. The highest BCUT2D eigenvalue weighted by Gasteiger charge is 2.29. The van der Waals surface area contributed by atoms with Crippen LogP contribution in [-0.2, 0) is 16.1 Å². The minimum Gasteiger partial charge on any atom is -0.368 e. The lowest BCUT2D eigenvalue weighted by Crippen LogP contribution is -2.35. The molecule has 1 atom stereocenters. The van der Waals surface area contributed by atoms with Crippen LogP contribution in [0.15, 0.2) is 29.4 Å². The molecule has 3 rings (SSSR count). The van der Waals surface area contributed by atoms with E-state index in [-0.39, 0.29) is 24.2 Å². The minimum atomic E-state index is -0.479. The summed E-state index contributed by atoms with van der Waals surface area (Å²) in [6.07, 6.45) is 2.36. The highest BCUT2D eigenvalue weighted by Crippen LogP contribution is 2.32. The van der Waals surface area contributed by atoms with Gasteiger partial charge in [0.05, 0.1) is 5.75 Å². The maximum absolute atomic E-state index is 12.1. The van der Waals surface area contributed by atoms with Gasteiger partial charge in [0.1, 0.15) is 6.54 Å². The third-order valence-corrected chi connectivity index (χ3v) is 5.32. The number of carbonyl (C=O) groups excluding carboxylic acids is 2. The van der Waals surface area contributed by atoms with Crippen LogP contribution in [0, 0.1) is 12.8 Å². The summed E-state index contributed by atoms with van der Waals surface area (Å²) in [5.41, 5.74) is 7.33. The van der Waals surface area contributed by atoms with Crippen molar-refractivity contribution >= 4 is 23.6 Å². The number of hydrogen-bond donors (Lipinski definition) is 2. The quantitative estimate of drug-likeness (QED) is 0.686. The molecule has 1 fully saturated rings.